The van der Waals surface area contributed by atoms with E-state index >= 15 is 0 Å². The van der Waals surface area contributed by atoms with Crippen molar-refractivity contribution in [3.05, 3.63) is 59.4 Å². The van der Waals surface area contributed by atoms with E-state index < -0.39 is 0 Å². The van der Waals surface area contributed by atoms with Gasteiger partial charge in [-0.15, -0.1) is 11.3 Å². The van der Waals surface area contributed by atoms with Crippen molar-refractivity contribution in [1.29, 1.82) is 0 Å². The number of nitrogens with one attached hydrogen (secondary N) is 1. The van der Waals surface area contributed by atoms with E-state index in [-0.39, 0.29) is 12.3 Å². The molecule has 0 saturated heterocycles. The van der Waals surface area contributed by atoms with Crippen LogP contribution in [-0.2, 0) is 17.6 Å². The maximum absolute atomic E-state index is 12.1. The summed E-state index contributed by atoms with van der Waals surface area (Å²) in [7, 11) is 3.20. The number of hydrogen-bond acceptors (Lipinski definition) is 6. The Morgan fingerprint density at radius 3 is 2.70 bits per heavy atom. The highest BCUT2D eigenvalue weighted by Crippen LogP contribution is 2.33. The quantitative estimate of drug-likeness (QED) is 0.647. The molecule has 0 radical (unpaired) electrons. The van der Waals surface area contributed by atoms with Crippen LogP contribution in [0.15, 0.2) is 48.0 Å². The third-order valence-electron chi connectivity index (χ3n) is 3.95. The van der Waals surface area contributed by atoms with Gasteiger partial charge in [0.15, 0.2) is 11.5 Å². The van der Waals surface area contributed by atoms with Crippen LogP contribution < -0.4 is 14.8 Å². The molecule has 6 nitrogen and oxygen atoms in total. The summed E-state index contributed by atoms with van der Waals surface area (Å²) in [4.78, 5) is 20.9. The summed E-state index contributed by atoms with van der Waals surface area (Å²) in [6.07, 6.45) is 2.72. The van der Waals surface area contributed by atoms with Crippen LogP contribution in [0.4, 0.5) is 0 Å². The second-order valence-electron chi connectivity index (χ2n) is 5.81. The molecular weight excluding hydrogens is 362 g/mol. The maximum Gasteiger partial charge on any atom is 0.226 e. The lowest BCUT2D eigenvalue weighted by molar-refractivity contribution is -0.120. The highest BCUT2D eigenvalue weighted by atomic mass is 32.1. The van der Waals surface area contributed by atoms with Crippen LogP contribution in [0.1, 0.15) is 11.4 Å². The molecule has 0 aliphatic rings. The lowest BCUT2D eigenvalue weighted by atomic mass is 10.2. The van der Waals surface area contributed by atoms with E-state index in [1.165, 1.54) is 11.3 Å². The van der Waals surface area contributed by atoms with Crippen molar-refractivity contribution >= 4 is 17.2 Å². The SMILES string of the molecule is COc1ccc(-c2nc(CC(=O)NCCc3ccccn3)cs2)cc1OC. The molecule has 2 aromatic heterocycles. The molecule has 0 saturated carbocycles. The Balaban J connectivity index is 1.56. The van der Waals surface area contributed by atoms with Crippen LogP contribution in [0, 0.1) is 0 Å². The predicted molar refractivity (Wildman–Crippen MR) is 105 cm³/mol. The van der Waals surface area contributed by atoms with E-state index in [2.05, 4.69) is 15.3 Å². The van der Waals surface area contributed by atoms with Gasteiger partial charge in [-0.2, -0.15) is 0 Å². The number of rotatable bonds is 8. The molecule has 1 amide bonds. The average molecular weight is 383 g/mol. The number of aromatic nitrogens is 2. The summed E-state index contributed by atoms with van der Waals surface area (Å²) in [6, 6.07) is 11.4. The Labute approximate surface area is 162 Å². The van der Waals surface area contributed by atoms with Crippen molar-refractivity contribution < 1.29 is 14.3 Å². The molecule has 0 bridgehead atoms. The Morgan fingerprint density at radius 2 is 1.96 bits per heavy atom. The van der Waals surface area contributed by atoms with E-state index in [4.69, 9.17) is 9.47 Å². The van der Waals surface area contributed by atoms with Crippen molar-refractivity contribution in [2.75, 3.05) is 20.8 Å². The van der Waals surface area contributed by atoms with Crippen LogP contribution in [0.25, 0.3) is 10.6 Å². The van der Waals surface area contributed by atoms with Gasteiger partial charge in [0.2, 0.25) is 5.91 Å². The standard InChI is InChI=1S/C20H21N3O3S/c1-25-17-7-6-14(11-18(17)26-2)20-23-16(13-27-20)12-19(24)22-10-8-15-5-3-4-9-21-15/h3-7,9,11,13H,8,10,12H2,1-2H3,(H,22,24). The molecule has 0 aliphatic heterocycles. The molecule has 0 unspecified atom stereocenters. The van der Waals surface area contributed by atoms with E-state index in [9.17, 15) is 4.79 Å². The lowest BCUT2D eigenvalue weighted by Crippen LogP contribution is -2.27. The maximum atomic E-state index is 12.1. The number of carbonyl (C=O) groups is 1. The summed E-state index contributed by atoms with van der Waals surface area (Å²) in [5.74, 6) is 1.28. The van der Waals surface area contributed by atoms with Gasteiger partial charge in [0.05, 0.1) is 26.3 Å². The van der Waals surface area contributed by atoms with Gasteiger partial charge in [-0.25, -0.2) is 4.98 Å². The first-order valence-corrected chi connectivity index (χ1v) is 9.41. The highest BCUT2D eigenvalue weighted by molar-refractivity contribution is 7.13. The van der Waals surface area contributed by atoms with E-state index in [1.54, 1.807) is 20.4 Å². The number of benzene rings is 1. The number of nitrogens with zero attached hydrogens (tertiary/aromatic N) is 2. The fraction of sp³-hybridized carbons (Fsp3) is 0.250. The largest absolute Gasteiger partial charge is 0.493 e. The molecule has 0 atom stereocenters. The number of amides is 1. The van der Waals surface area contributed by atoms with Gasteiger partial charge in [0, 0.05) is 35.8 Å². The number of hydrogen-bond donors (Lipinski definition) is 1. The minimum absolute atomic E-state index is 0.0462. The van der Waals surface area contributed by atoms with Crippen molar-refractivity contribution in [3.8, 4) is 22.1 Å². The first kappa shape index (κ1) is 18.8. The Hall–Kier alpha value is -2.93. The number of ether oxygens (including phenoxy) is 2. The van der Waals surface area contributed by atoms with Gasteiger partial charge in [0.1, 0.15) is 5.01 Å². The molecule has 3 rings (SSSR count). The molecule has 0 aliphatic carbocycles. The zero-order chi connectivity index (χ0) is 19.1. The zero-order valence-electron chi connectivity index (χ0n) is 15.3. The van der Waals surface area contributed by atoms with Crippen LogP contribution in [-0.4, -0.2) is 36.6 Å². The minimum Gasteiger partial charge on any atom is -0.493 e. The number of thiazole rings is 1. The summed E-state index contributed by atoms with van der Waals surface area (Å²) in [5.41, 5.74) is 2.64. The molecular formula is C20H21N3O3S. The smallest absolute Gasteiger partial charge is 0.226 e. The number of pyridine rings is 1. The molecule has 3 aromatic rings. The number of methoxy groups -OCH3 is 2. The molecule has 1 aromatic carbocycles. The van der Waals surface area contributed by atoms with Gasteiger partial charge in [-0.3, -0.25) is 9.78 Å². The predicted octanol–water partition coefficient (Wildman–Crippen LogP) is 3.12. The van der Waals surface area contributed by atoms with E-state index in [0.717, 1.165) is 22.0 Å². The summed E-state index contributed by atoms with van der Waals surface area (Å²) >= 11 is 1.50. The molecule has 2 heterocycles. The normalized spacial score (nSPS) is 10.4. The monoisotopic (exact) mass is 383 g/mol. The molecule has 140 valence electrons. The van der Waals surface area contributed by atoms with Crippen molar-refractivity contribution in [3.63, 3.8) is 0 Å². The summed E-state index contributed by atoms with van der Waals surface area (Å²) in [5, 5.41) is 5.66. The minimum atomic E-state index is -0.0462. The Morgan fingerprint density at radius 1 is 1.11 bits per heavy atom. The van der Waals surface area contributed by atoms with Gasteiger partial charge in [-0.05, 0) is 30.3 Å². The van der Waals surface area contributed by atoms with Crippen molar-refractivity contribution in [1.82, 2.24) is 15.3 Å². The summed E-state index contributed by atoms with van der Waals surface area (Å²) in [6.45, 7) is 0.558. The molecule has 1 N–H and O–H groups in total. The van der Waals surface area contributed by atoms with Crippen LogP contribution in [0.5, 0.6) is 11.5 Å². The molecule has 7 heteroatoms. The second kappa shape index (κ2) is 9.14. The van der Waals surface area contributed by atoms with Crippen LogP contribution in [0.3, 0.4) is 0 Å². The molecule has 0 spiro atoms. The van der Waals surface area contributed by atoms with Gasteiger partial charge in [-0.1, -0.05) is 6.07 Å². The second-order valence-corrected chi connectivity index (χ2v) is 6.67. The molecule has 27 heavy (non-hydrogen) atoms. The van der Waals surface area contributed by atoms with E-state index in [1.807, 2.05) is 41.8 Å². The highest BCUT2D eigenvalue weighted by Gasteiger charge is 2.11. The Bertz CT molecular complexity index is 896. The lowest BCUT2D eigenvalue weighted by Gasteiger charge is -2.08. The third-order valence-corrected chi connectivity index (χ3v) is 4.89. The van der Waals surface area contributed by atoms with Crippen LogP contribution in [0.2, 0.25) is 0 Å². The van der Waals surface area contributed by atoms with Gasteiger partial charge < -0.3 is 14.8 Å². The van der Waals surface area contributed by atoms with Crippen LogP contribution >= 0.6 is 11.3 Å². The topological polar surface area (TPSA) is 73.3 Å². The average Bonchev–Trinajstić information content (AvgIpc) is 3.16. The Kier molecular flexibility index (Phi) is 6.38. The fourth-order valence-corrected chi connectivity index (χ4v) is 3.41. The first-order chi connectivity index (χ1) is 13.2. The first-order valence-electron chi connectivity index (χ1n) is 8.53. The van der Waals surface area contributed by atoms with Crippen molar-refractivity contribution in [2.24, 2.45) is 0 Å². The summed E-state index contributed by atoms with van der Waals surface area (Å²) < 4.78 is 10.6. The fourth-order valence-electron chi connectivity index (χ4n) is 2.59. The van der Waals surface area contributed by atoms with Gasteiger partial charge >= 0.3 is 0 Å². The van der Waals surface area contributed by atoms with E-state index in [0.29, 0.717) is 24.5 Å². The van der Waals surface area contributed by atoms with Crippen molar-refractivity contribution in [2.45, 2.75) is 12.8 Å². The molecule has 0 fully saturated rings. The van der Waals surface area contributed by atoms with Gasteiger partial charge in [0.25, 0.3) is 0 Å². The zero-order valence-corrected chi connectivity index (χ0v) is 16.1. The number of carbonyl (C=O) groups excluding carboxylic acids is 1. The third kappa shape index (κ3) is 5.04.